The fourth-order valence-corrected chi connectivity index (χ4v) is 1.97. The zero-order valence-electron chi connectivity index (χ0n) is 9.00. The molecule has 0 spiro atoms. The first-order valence-corrected chi connectivity index (χ1v) is 5.45. The van der Waals surface area contributed by atoms with Crippen LogP contribution in [0, 0.1) is 0 Å². The standard InChI is InChI=1S/C12H15NO3/c14-12(15)13-8-4-5-10(13)9-16-11-6-2-1-3-7-11/h1-3,6-7,10H,4-5,8-9H2,(H,14,15). The summed E-state index contributed by atoms with van der Waals surface area (Å²) in [6, 6.07) is 9.47. The van der Waals surface area contributed by atoms with E-state index in [9.17, 15) is 4.79 Å². The quantitative estimate of drug-likeness (QED) is 0.851. The maximum atomic E-state index is 10.9. The number of rotatable bonds is 3. The van der Waals surface area contributed by atoms with Crippen LogP contribution in [0.2, 0.25) is 0 Å². The number of hydrogen-bond donors (Lipinski definition) is 1. The zero-order chi connectivity index (χ0) is 11.4. The van der Waals surface area contributed by atoms with Crippen LogP contribution in [0.3, 0.4) is 0 Å². The topological polar surface area (TPSA) is 49.8 Å². The summed E-state index contributed by atoms with van der Waals surface area (Å²) in [5.41, 5.74) is 0. The van der Waals surface area contributed by atoms with Crippen molar-refractivity contribution in [2.24, 2.45) is 0 Å². The van der Waals surface area contributed by atoms with Crippen molar-refractivity contribution >= 4 is 6.09 Å². The third-order valence-corrected chi connectivity index (χ3v) is 2.81. The summed E-state index contributed by atoms with van der Waals surface area (Å²) in [4.78, 5) is 12.4. The van der Waals surface area contributed by atoms with Crippen molar-refractivity contribution in [3.05, 3.63) is 30.3 Å². The lowest BCUT2D eigenvalue weighted by Gasteiger charge is -2.21. The molecule has 0 bridgehead atoms. The minimum absolute atomic E-state index is 0.00212. The van der Waals surface area contributed by atoms with Gasteiger partial charge in [-0.15, -0.1) is 0 Å². The average molecular weight is 221 g/mol. The minimum atomic E-state index is -0.848. The van der Waals surface area contributed by atoms with Crippen molar-refractivity contribution in [1.29, 1.82) is 0 Å². The molecule has 1 saturated heterocycles. The Labute approximate surface area is 94.4 Å². The Balaban J connectivity index is 1.88. The van der Waals surface area contributed by atoms with Crippen LogP contribution in [0.5, 0.6) is 5.75 Å². The monoisotopic (exact) mass is 221 g/mol. The molecule has 0 saturated carbocycles. The van der Waals surface area contributed by atoms with Crippen molar-refractivity contribution in [1.82, 2.24) is 4.90 Å². The molecule has 0 radical (unpaired) electrons. The molecule has 1 heterocycles. The second-order valence-corrected chi connectivity index (χ2v) is 3.90. The summed E-state index contributed by atoms with van der Waals surface area (Å²) < 4.78 is 5.57. The van der Waals surface area contributed by atoms with Crippen molar-refractivity contribution in [2.45, 2.75) is 18.9 Å². The van der Waals surface area contributed by atoms with E-state index in [0.717, 1.165) is 18.6 Å². The second-order valence-electron chi connectivity index (χ2n) is 3.90. The van der Waals surface area contributed by atoms with Crippen LogP contribution in [0.15, 0.2) is 30.3 Å². The van der Waals surface area contributed by atoms with E-state index in [1.54, 1.807) is 0 Å². The highest BCUT2D eigenvalue weighted by atomic mass is 16.5. The van der Waals surface area contributed by atoms with Gasteiger partial charge in [-0.3, -0.25) is 0 Å². The molecule has 86 valence electrons. The van der Waals surface area contributed by atoms with Gasteiger partial charge in [0.15, 0.2) is 0 Å². The third kappa shape index (κ3) is 2.45. The molecular weight excluding hydrogens is 206 g/mol. The maximum absolute atomic E-state index is 10.9. The molecule has 1 aliphatic heterocycles. The van der Waals surface area contributed by atoms with Gasteiger partial charge in [-0.2, -0.15) is 0 Å². The molecule has 0 aromatic heterocycles. The first kappa shape index (κ1) is 10.8. The molecule has 4 heteroatoms. The lowest BCUT2D eigenvalue weighted by molar-refractivity contribution is 0.123. The third-order valence-electron chi connectivity index (χ3n) is 2.81. The molecule has 1 amide bonds. The van der Waals surface area contributed by atoms with Crippen LogP contribution in [0.25, 0.3) is 0 Å². The molecular formula is C12H15NO3. The van der Waals surface area contributed by atoms with Crippen molar-refractivity contribution in [3.63, 3.8) is 0 Å². The van der Waals surface area contributed by atoms with Gasteiger partial charge in [0.25, 0.3) is 0 Å². The lowest BCUT2D eigenvalue weighted by atomic mass is 10.2. The number of hydrogen-bond acceptors (Lipinski definition) is 2. The van der Waals surface area contributed by atoms with Gasteiger partial charge in [0.1, 0.15) is 12.4 Å². The Morgan fingerprint density at radius 2 is 2.19 bits per heavy atom. The predicted molar refractivity (Wildman–Crippen MR) is 59.7 cm³/mol. The number of carboxylic acid groups (broad SMARTS) is 1. The molecule has 16 heavy (non-hydrogen) atoms. The Morgan fingerprint density at radius 3 is 2.88 bits per heavy atom. The van der Waals surface area contributed by atoms with Gasteiger partial charge in [-0.1, -0.05) is 18.2 Å². The Kier molecular flexibility index (Phi) is 3.29. The highest BCUT2D eigenvalue weighted by Crippen LogP contribution is 2.18. The number of para-hydroxylation sites is 1. The number of ether oxygens (including phenoxy) is 1. The van der Waals surface area contributed by atoms with Gasteiger partial charge in [0.05, 0.1) is 6.04 Å². The van der Waals surface area contributed by atoms with Crippen LogP contribution >= 0.6 is 0 Å². The van der Waals surface area contributed by atoms with Crippen LogP contribution < -0.4 is 4.74 Å². The van der Waals surface area contributed by atoms with Crippen molar-refractivity contribution in [2.75, 3.05) is 13.2 Å². The zero-order valence-corrected chi connectivity index (χ0v) is 9.00. The highest BCUT2D eigenvalue weighted by molar-refractivity contribution is 5.65. The van der Waals surface area contributed by atoms with Crippen molar-refractivity contribution in [3.8, 4) is 5.75 Å². The molecule has 0 aliphatic carbocycles. The van der Waals surface area contributed by atoms with E-state index in [-0.39, 0.29) is 6.04 Å². The Hall–Kier alpha value is -1.71. The summed E-state index contributed by atoms with van der Waals surface area (Å²) in [5, 5.41) is 8.95. The normalized spacial score (nSPS) is 19.8. The number of likely N-dealkylation sites (tertiary alicyclic amines) is 1. The smallest absolute Gasteiger partial charge is 0.407 e. The molecule has 1 fully saturated rings. The SMILES string of the molecule is O=C(O)N1CCCC1COc1ccccc1. The van der Waals surface area contributed by atoms with Gasteiger partial charge >= 0.3 is 6.09 Å². The molecule has 1 aromatic carbocycles. The lowest BCUT2D eigenvalue weighted by Crippen LogP contribution is -2.37. The molecule has 1 atom stereocenters. The molecule has 2 rings (SSSR count). The second kappa shape index (κ2) is 4.88. The Bertz CT molecular complexity index is 353. The van der Waals surface area contributed by atoms with E-state index in [4.69, 9.17) is 9.84 Å². The molecule has 1 aliphatic rings. The first-order valence-electron chi connectivity index (χ1n) is 5.45. The fourth-order valence-electron chi connectivity index (χ4n) is 1.97. The van der Waals surface area contributed by atoms with E-state index >= 15 is 0 Å². The van der Waals surface area contributed by atoms with E-state index < -0.39 is 6.09 Å². The average Bonchev–Trinajstić information content (AvgIpc) is 2.76. The van der Waals surface area contributed by atoms with Crippen LogP contribution in [-0.2, 0) is 0 Å². The Morgan fingerprint density at radius 1 is 1.44 bits per heavy atom. The summed E-state index contributed by atoms with van der Waals surface area (Å²) in [5.74, 6) is 0.791. The highest BCUT2D eigenvalue weighted by Gasteiger charge is 2.28. The van der Waals surface area contributed by atoms with E-state index in [0.29, 0.717) is 13.2 Å². The first-order chi connectivity index (χ1) is 7.77. The van der Waals surface area contributed by atoms with Crippen molar-refractivity contribution < 1.29 is 14.6 Å². The van der Waals surface area contributed by atoms with Crippen LogP contribution in [-0.4, -0.2) is 35.3 Å². The van der Waals surface area contributed by atoms with E-state index in [2.05, 4.69) is 0 Å². The van der Waals surface area contributed by atoms with Gasteiger partial charge in [-0.05, 0) is 25.0 Å². The molecule has 4 nitrogen and oxygen atoms in total. The van der Waals surface area contributed by atoms with Crippen LogP contribution in [0.1, 0.15) is 12.8 Å². The number of benzene rings is 1. The van der Waals surface area contributed by atoms with Gasteiger partial charge in [0, 0.05) is 6.54 Å². The number of amides is 1. The van der Waals surface area contributed by atoms with E-state index in [1.807, 2.05) is 30.3 Å². The predicted octanol–water partition coefficient (Wildman–Crippen LogP) is 2.21. The largest absolute Gasteiger partial charge is 0.491 e. The maximum Gasteiger partial charge on any atom is 0.407 e. The summed E-state index contributed by atoms with van der Waals surface area (Å²) in [6.45, 7) is 1.06. The van der Waals surface area contributed by atoms with Gasteiger partial charge in [-0.25, -0.2) is 4.79 Å². The number of nitrogens with zero attached hydrogens (tertiary/aromatic N) is 1. The number of carbonyl (C=O) groups is 1. The fraction of sp³-hybridized carbons (Fsp3) is 0.417. The summed E-state index contributed by atoms with van der Waals surface area (Å²) >= 11 is 0. The van der Waals surface area contributed by atoms with E-state index in [1.165, 1.54) is 4.90 Å². The summed E-state index contributed by atoms with van der Waals surface area (Å²) in [6.07, 6.45) is 0.966. The van der Waals surface area contributed by atoms with Gasteiger partial charge in [0.2, 0.25) is 0 Å². The minimum Gasteiger partial charge on any atom is -0.491 e. The van der Waals surface area contributed by atoms with Gasteiger partial charge < -0.3 is 14.7 Å². The molecule has 1 N–H and O–H groups in total. The molecule has 1 unspecified atom stereocenters. The van der Waals surface area contributed by atoms with Crippen LogP contribution in [0.4, 0.5) is 4.79 Å². The summed E-state index contributed by atoms with van der Waals surface area (Å²) in [7, 11) is 0. The molecule has 1 aromatic rings.